The number of hydrogen-bond acceptors (Lipinski definition) is 3. The van der Waals surface area contributed by atoms with Gasteiger partial charge in [0.05, 0.1) is 6.61 Å². The highest BCUT2D eigenvalue weighted by Crippen LogP contribution is 2.11. The monoisotopic (exact) mass is 200 g/mol. The minimum absolute atomic E-state index is 0.557. The van der Waals surface area contributed by atoms with Crippen LogP contribution in [0.2, 0.25) is 0 Å². The van der Waals surface area contributed by atoms with Crippen LogP contribution in [0, 0.1) is 5.92 Å². The molecule has 0 bridgehead atoms. The molecule has 5 heteroatoms. The van der Waals surface area contributed by atoms with Crippen molar-refractivity contribution in [2.24, 2.45) is 16.8 Å². The van der Waals surface area contributed by atoms with Crippen LogP contribution in [0.4, 0.5) is 0 Å². The molecular weight excluding hydrogens is 180 g/mol. The molecule has 1 heterocycles. The van der Waals surface area contributed by atoms with E-state index in [1.807, 2.05) is 0 Å². The maximum atomic E-state index is 5.32. The van der Waals surface area contributed by atoms with E-state index in [0.29, 0.717) is 11.9 Å². The molecule has 1 unspecified atom stereocenters. The molecular formula is C9H20N4O. The number of rotatable bonds is 4. The van der Waals surface area contributed by atoms with Crippen LogP contribution in [0.15, 0.2) is 4.99 Å². The molecule has 0 aliphatic carbocycles. The molecule has 1 atom stereocenters. The molecule has 0 amide bonds. The summed E-state index contributed by atoms with van der Waals surface area (Å²) < 4.78 is 5.26. The smallest absolute Gasteiger partial charge is 0.205 e. The largest absolute Gasteiger partial charge is 0.381 e. The molecule has 0 aromatic heterocycles. The van der Waals surface area contributed by atoms with Gasteiger partial charge in [0.1, 0.15) is 0 Å². The van der Waals surface area contributed by atoms with Crippen LogP contribution >= 0.6 is 0 Å². The summed E-state index contributed by atoms with van der Waals surface area (Å²) in [5.41, 5.74) is 2.56. The number of ether oxygens (including phenoxy) is 1. The maximum Gasteiger partial charge on any atom is 0.205 e. The minimum Gasteiger partial charge on any atom is -0.381 e. The van der Waals surface area contributed by atoms with Gasteiger partial charge in [-0.05, 0) is 12.8 Å². The highest BCUT2D eigenvalue weighted by Gasteiger charge is 2.14. The van der Waals surface area contributed by atoms with E-state index in [9.17, 15) is 0 Å². The van der Waals surface area contributed by atoms with E-state index in [-0.39, 0.29) is 0 Å². The normalized spacial score (nSPS) is 22.4. The highest BCUT2D eigenvalue weighted by molar-refractivity contribution is 5.79. The second-order valence-corrected chi connectivity index (χ2v) is 3.49. The predicted molar refractivity (Wildman–Crippen MR) is 56.8 cm³/mol. The van der Waals surface area contributed by atoms with Crippen LogP contribution in [0.3, 0.4) is 0 Å². The van der Waals surface area contributed by atoms with E-state index in [0.717, 1.165) is 39.1 Å². The van der Waals surface area contributed by atoms with Crippen molar-refractivity contribution in [1.29, 1.82) is 0 Å². The number of nitrogens with zero attached hydrogens (tertiary/aromatic N) is 1. The SMILES string of the molecule is CCCNC(=NCC1CCOC1)NN. The Hall–Kier alpha value is -0.810. The molecule has 1 aliphatic rings. The lowest BCUT2D eigenvalue weighted by molar-refractivity contribution is 0.187. The highest BCUT2D eigenvalue weighted by atomic mass is 16.5. The number of hydrogen-bond donors (Lipinski definition) is 3. The van der Waals surface area contributed by atoms with Crippen molar-refractivity contribution in [3.8, 4) is 0 Å². The lowest BCUT2D eigenvalue weighted by atomic mass is 10.1. The van der Waals surface area contributed by atoms with Crippen LogP contribution in [0.25, 0.3) is 0 Å². The lowest BCUT2D eigenvalue weighted by Crippen LogP contribution is -2.42. The lowest BCUT2D eigenvalue weighted by Gasteiger charge is -2.09. The summed E-state index contributed by atoms with van der Waals surface area (Å²) in [6.45, 7) is 5.48. The molecule has 1 aliphatic heterocycles. The third-order valence-corrected chi connectivity index (χ3v) is 2.21. The van der Waals surface area contributed by atoms with Gasteiger partial charge in [-0.25, -0.2) is 5.84 Å². The standard InChI is InChI=1S/C9H20N4O/c1-2-4-11-9(13-10)12-6-8-3-5-14-7-8/h8H,2-7,10H2,1H3,(H2,11,12,13). The molecule has 5 nitrogen and oxygen atoms in total. The second kappa shape index (κ2) is 6.62. The molecule has 1 saturated heterocycles. The molecule has 1 fully saturated rings. The van der Waals surface area contributed by atoms with Gasteiger partial charge in [0.25, 0.3) is 0 Å². The predicted octanol–water partition coefficient (Wildman–Crippen LogP) is -0.158. The average Bonchev–Trinajstić information content (AvgIpc) is 2.71. The van der Waals surface area contributed by atoms with Crippen molar-refractivity contribution in [3.63, 3.8) is 0 Å². The quantitative estimate of drug-likeness (QED) is 0.255. The van der Waals surface area contributed by atoms with Gasteiger partial charge in [0, 0.05) is 25.6 Å². The van der Waals surface area contributed by atoms with Gasteiger partial charge in [0.15, 0.2) is 0 Å². The zero-order valence-corrected chi connectivity index (χ0v) is 8.75. The summed E-state index contributed by atoms with van der Waals surface area (Å²) in [4.78, 5) is 4.35. The Bertz CT molecular complexity index is 178. The Balaban J connectivity index is 2.23. The third-order valence-electron chi connectivity index (χ3n) is 2.21. The van der Waals surface area contributed by atoms with Gasteiger partial charge in [-0.1, -0.05) is 6.92 Å². The van der Waals surface area contributed by atoms with E-state index in [4.69, 9.17) is 10.6 Å². The number of nitrogens with one attached hydrogen (secondary N) is 2. The van der Waals surface area contributed by atoms with E-state index in [1.165, 1.54) is 0 Å². The number of aliphatic imine (C=N–C) groups is 1. The van der Waals surface area contributed by atoms with E-state index < -0.39 is 0 Å². The first-order chi connectivity index (χ1) is 6.86. The van der Waals surface area contributed by atoms with Crippen molar-refractivity contribution < 1.29 is 4.74 Å². The minimum atomic E-state index is 0.557. The summed E-state index contributed by atoms with van der Waals surface area (Å²) in [7, 11) is 0. The van der Waals surface area contributed by atoms with Gasteiger partial charge >= 0.3 is 0 Å². The Morgan fingerprint density at radius 1 is 1.64 bits per heavy atom. The fourth-order valence-electron chi connectivity index (χ4n) is 1.34. The van der Waals surface area contributed by atoms with Gasteiger partial charge in [-0.15, -0.1) is 0 Å². The fourth-order valence-corrected chi connectivity index (χ4v) is 1.34. The summed E-state index contributed by atoms with van der Waals surface area (Å²) in [5.74, 6) is 6.56. The summed E-state index contributed by atoms with van der Waals surface area (Å²) in [6.07, 6.45) is 2.17. The number of hydrazine groups is 1. The third kappa shape index (κ3) is 3.93. The van der Waals surface area contributed by atoms with Gasteiger partial charge in [-0.3, -0.25) is 10.4 Å². The summed E-state index contributed by atoms with van der Waals surface area (Å²) in [5, 5.41) is 3.12. The molecule has 0 radical (unpaired) electrons. The van der Waals surface area contributed by atoms with E-state index >= 15 is 0 Å². The van der Waals surface area contributed by atoms with Crippen molar-refractivity contribution in [1.82, 2.24) is 10.7 Å². The molecule has 14 heavy (non-hydrogen) atoms. The molecule has 0 spiro atoms. The molecule has 0 aromatic carbocycles. The molecule has 0 aromatic rings. The van der Waals surface area contributed by atoms with Gasteiger partial charge in [-0.2, -0.15) is 0 Å². The van der Waals surface area contributed by atoms with Crippen molar-refractivity contribution in [2.75, 3.05) is 26.3 Å². The Kier molecular flexibility index (Phi) is 5.32. The van der Waals surface area contributed by atoms with Crippen LogP contribution in [-0.2, 0) is 4.74 Å². The number of guanidine groups is 1. The van der Waals surface area contributed by atoms with Crippen LogP contribution in [0.5, 0.6) is 0 Å². The summed E-state index contributed by atoms with van der Waals surface area (Å²) in [6, 6.07) is 0. The first-order valence-electron chi connectivity index (χ1n) is 5.19. The zero-order valence-electron chi connectivity index (χ0n) is 8.75. The maximum absolute atomic E-state index is 5.32. The molecule has 82 valence electrons. The van der Waals surface area contributed by atoms with Crippen molar-refractivity contribution in [2.45, 2.75) is 19.8 Å². The van der Waals surface area contributed by atoms with Crippen LogP contribution in [-0.4, -0.2) is 32.3 Å². The molecule has 0 saturated carbocycles. The van der Waals surface area contributed by atoms with E-state index in [2.05, 4.69) is 22.7 Å². The van der Waals surface area contributed by atoms with Crippen molar-refractivity contribution >= 4 is 5.96 Å². The van der Waals surface area contributed by atoms with Crippen LogP contribution in [0.1, 0.15) is 19.8 Å². The molecule has 1 rings (SSSR count). The molecule has 4 N–H and O–H groups in total. The average molecular weight is 200 g/mol. The van der Waals surface area contributed by atoms with Crippen LogP contribution < -0.4 is 16.6 Å². The second-order valence-electron chi connectivity index (χ2n) is 3.49. The fraction of sp³-hybridized carbons (Fsp3) is 0.889. The Labute approximate surface area is 85.1 Å². The summed E-state index contributed by atoms with van der Waals surface area (Å²) >= 11 is 0. The van der Waals surface area contributed by atoms with E-state index in [1.54, 1.807) is 0 Å². The van der Waals surface area contributed by atoms with Crippen molar-refractivity contribution in [3.05, 3.63) is 0 Å². The first-order valence-corrected chi connectivity index (χ1v) is 5.19. The topological polar surface area (TPSA) is 71.7 Å². The van der Waals surface area contributed by atoms with Gasteiger partial charge in [0.2, 0.25) is 5.96 Å². The zero-order chi connectivity index (χ0) is 10.2. The Morgan fingerprint density at radius 2 is 2.50 bits per heavy atom. The van der Waals surface area contributed by atoms with Gasteiger partial charge < -0.3 is 10.1 Å². The first kappa shape index (κ1) is 11.3. The Morgan fingerprint density at radius 3 is 3.07 bits per heavy atom. The number of nitrogens with two attached hydrogens (primary N) is 1.